The van der Waals surface area contributed by atoms with E-state index in [9.17, 15) is 14.4 Å². The zero-order chi connectivity index (χ0) is 22.2. The fourth-order valence-electron chi connectivity index (χ4n) is 2.38. The third-order valence-electron chi connectivity index (χ3n) is 3.86. The van der Waals surface area contributed by atoms with Gasteiger partial charge in [0.2, 0.25) is 0 Å². The lowest BCUT2D eigenvalue weighted by molar-refractivity contribution is -0.136. The standard InChI is InChI=1S/C22H15Br2N3O4/c23-16-6-9-18(10-7-16)26-20(28)21(29)27-25-13-15-12-17(24)8-11-19(15)31-22(30)14-4-2-1-3-5-14/h1-13H,(H,26,28)(H,27,29). The molecule has 0 radical (unpaired) electrons. The molecule has 0 aliphatic heterocycles. The molecular weight excluding hydrogens is 530 g/mol. The summed E-state index contributed by atoms with van der Waals surface area (Å²) in [5.41, 5.74) is 3.43. The molecule has 31 heavy (non-hydrogen) atoms. The van der Waals surface area contributed by atoms with Gasteiger partial charge in [-0.2, -0.15) is 5.10 Å². The van der Waals surface area contributed by atoms with Gasteiger partial charge in [0.15, 0.2) is 0 Å². The summed E-state index contributed by atoms with van der Waals surface area (Å²) < 4.78 is 6.99. The zero-order valence-electron chi connectivity index (χ0n) is 15.8. The third kappa shape index (κ3) is 6.59. The summed E-state index contributed by atoms with van der Waals surface area (Å²) in [7, 11) is 0. The van der Waals surface area contributed by atoms with Crippen molar-refractivity contribution in [3.63, 3.8) is 0 Å². The van der Waals surface area contributed by atoms with E-state index >= 15 is 0 Å². The lowest BCUT2D eigenvalue weighted by Gasteiger charge is -2.08. The highest BCUT2D eigenvalue weighted by Gasteiger charge is 2.14. The van der Waals surface area contributed by atoms with Crippen LogP contribution in [-0.4, -0.2) is 24.0 Å². The summed E-state index contributed by atoms with van der Waals surface area (Å²) in [6.45, 7) is 0. The number of nitrogens with zero attached hydrogens (tertiary/aromatic N) is 1. The third-order valence-corrected chi connectivity index (χ3v) is 4.88. The molecule has 0 fully saturated rings. The Balaban J connectivity index is 1.65. The zero-order valence-corrected chi connectivity index (χ0v) is 19.0. The summed E-state index contributed by atoms with van der Waals surface area (Å²) in [6.07, 6.45) is 1.28. The van der Waals surface area contributed by atoms with Gasteiger partial charge in [0.05, 0.1) is 11.8 Å². The van der Waals surface area contributed by atoms with Gasteiger partial charge in [0, 0.05) is 20.2 Å². The highest BCUT2D eigenvalue weighted by Crippen LogP contribution is 2.23. The fraction of sp³-hybridized carbons (Fsp3) is 0. The van der Waals surface area contributed by atoms with Crippen LogP contribution in [0.15, 0.2) is 86.8 Å². The Kier molecular flexibility index (Phi) is 7.69. The first kappa shape index (κ1) is 22.4. The van der Waals surface area contributed by atoms with Gasteiger partial charge in [-0.1, -0.05) is 50.1 Å². The van der Waals surface area contributed by atoms with E-state index in [1.54, 1.807) is 72.8 Å². The van der Waals surface area contributed by atoms with E-state index in [0.717, 1.165) is 4.47 Å². The maximum absolute atomic E-state index is 12.3. The number of hydrogen-bond donors (Lipinski definition) is 2. The molecule has 3 aromatic rings. The molecular formula is C22H15Br2N3O4. The molecule has 0 heterocycles. The van der Waals surface area contributed by atoms with Crippen LogP contribution in [-0.2, 0) is 9.59 Å². The van der Waals surface area contributed by atoms with Crippen molar-refractivity contribution >= 4 is 61.5 Å². The van der Waals surface area contributed by atoms with Crippen molar-refractivity contribution in [2.24, 2.45) is 5.10 Å². The van der Waals surface area contributed by atoms with Gasteiger partial charge in [-0.3, -0.25) is 9.59 Å². The van der Waals surface area contributed by atoms with Crippen molar-refractivity contribution in [1.29, 1.82) is 0 Å². The number of halogens is 2. The maximum atomic E-state index is 12.3. The minimum atomic E-state index is -0.947. The van der Waals surface area contributed by atoms with Gasteiger partial charge < -0.3 is 10.1 Å². The minimum Gasteiger partial charge on any atom is -0.422 e. The first-order valence-corrected chi connectivity index (χ1v) is 10.5. The lowest BCUT2D eigenvalue weighted by Crippen LogP contribution is -2.32. The first-order valence-electron chi connectivity index (χ1n) is 8.89. The number of anilines is 1. The smallest absolute Gasteiger partial charge is 0.343 e. The topological polar surface area (TPSA) is 96.9 Å². The van der Waals surface area contributed by atoms with E-state index in [-0.39, 0.29) is 5.75 Å². The van der Waals surface area contributed by atoms with Crippen molar-refractivity contribution in [3.8, 4) is 5.75 Å². The summed E-state index contributed by atoms with van der Waals surface area (Å²) in [6, 6.07) is 20.2. The lowest BCUT2D eigenvalue weighted by atomic mass is 10.2. The van der Waals surface area contributed by atoms with Gasteiger partial charge in [-0.05, 0) is 54.6 Å². The van der Waals surface area contributed by atoms with E-state index in [1.807, 2.05) is 0 Å². The van der Waals surface area contributed by atoms with Crippen LogP contribution in [0.3, 0.4) is 0 Å². The Morgan fingerprint density at radius 1 is 0.839 bits per heavy atom. The van der Waals surface area contributed by atoms with E-state index < -0.39 is 17.8 Å². The second-order valence-corrected chi connectivity index (χ2v) is 7.93. The van der Waals surface area contributed by atoms with Crippen molar-refractivity contribution in [3.05, 3.63) is 92.9 Å². The number of hydrazone groups is 1. The van der Waals surface area contributed by atoms with Crippen LogP contribution in [0.4, 0.5) is 5.69 Å². The van der Waals surface area contributed by atoms with Crippen LogP contribution in [0.25, 0.3) is 0 Å². The number of nitrogens with one attached hydrogen (secondary N) is 2. The quantitative estimate of drug-likeness (QED) is 0.162. The normalized spacial score (nSPS) is 10.5. The molecule has 156 valence electrons. The van der Waals surface area contributed by atoms with Crippen LogP contribution in [0.2, 0.25) is 0 Å². The van der Waals surface area contributed by atoms with Crippen LogP contribution in [0.5, 0.6) is 5.75 Å². The number of amides is 2. The van der Waals surface area contributed by atoms with Crippen LogP contribution < -0.4 is 15.5 Å². The molecule has 0 saturated heterocycles. The average molecular weight is 545 g/mol. The van der Waals surface area contributed by atoms with E-state index in [2.05, 4.69) is 47.7 Å². The van der Waals surface area contributed by atoms with Crippen LogP contribution >= 0.6 is 31.9 Å². The molecule has 0 saturated carbocycles. The number of carbonyl (C=O) groups is 3. The number of benzene rings is 3. The number of carbonyl (C=O) groups excluding carboxylic acids is 3. The highest BCUT2D eigenvalue weighted by atomic mass is 79.9. The molecule has 0 aromatic heterocycles. The predicted octanol–water partition coefficient (Wildman–Crippen LogP) is 4.52. The summed E-state index contributed by atoms with van der Waals surface area (Å²) in [4.78, 5) is 36.3. The molecule has 2 N–H and O–H groups in total. The largest absolute Gasteiger partial charge is 0.422 e. The van der Waals surface area contributed by atoms with Crippen molar-refractivity contribution in [2.75, 3.05) is 5.32 Å². The van der Waals surface area contributed by atoms with E-state index in [4.69, 9.17) is 4.74 Å². The number of rotatable bonds is 5. The summed E-state index contributed by atoms with van der Waals surface area (Å²) in [5.74, 6) is -2.11. The number of hydrogen-bond acceptors (Lipinski definition) is 5. The molecule has 0 aliphatic carbocycles. The Morgan fingerprint density at radius 3 is 2.23 bits per heavy atom. The molecule has 7 nitrogen and oxygen atoms in total. The maximum Gasteiger partial charge on any atom is 0.343 e. The van der Waals surface area contributed by atoms with Crippen molar-refractivity contribution < 1.29 is 19.1 Å². The van der Waals surface area contributed by atoms with Gasteiger partial charge in [-0.15, -0.1) is 0 Å². The summed E-state index contributed by atoms with van der Waals surface area (Å²) >= 11 is 6.63. The minimum absolute atomic E-state index is 0.245. The number of esters is 1. The molecule has 3 rings (SSSR count). The number of ether oxygens (including phenoxy) is 1. The van der Waals surface area contributed by atoms with Gasteiger partial charge >= 0.3 is 17.8 Å². The molecule has 0 atom stereocenters. The summed E-state index contributed by atoms with van der Waals surface area (Å²) in [5, 5.41) is 6.25. The fourth-order valence-corrected chi connectivity index (χ4v) is 3.02. The molecule has 0 unspecified atom stereocenters. The molecule has 0 spiro atoms. The van der Waals surface area contributed by atoms with Gasteiger partial charge in [0.1, 0.15) is 5.75 Å². The molecule has 3 aromatic carbocycles. The van der Waals surface area contributed by atoms with Crippen LogP contribution in [0.1, 0.15) is 15.9 Å². The first-order chi connectivity index (χ1) is 14.9. The SMILES string of the molecule is O=C(NN=Cc1cc(Br)ccc1OC(=O)c1ccccc1)C(=O)Nc1ccc(Br)cc1. The van der Waals surface area contributed by atoms with Crippen molar-refractivity contribution in [1.82, 2.24) is 5.43 Å². The molecule has 0 bridgehead atoms. The van der Waals surface area contributed by atoms with Gasteiger partial charge in [-0.25, -0.2) is 10.2 Å². The average Bonchev–Trinajstić information content (AvgIpc) is 2.77. The molecule has 0 aliphatic rings. The second kappa shape index (κ2) is 10.6. The Labute approximate surface area is 194 Å². The Bertz CT molecular complexity index is 1130. The molecule has 9 heteroatoms. The molecule has 2 amide bonds. The van der Waals surface area contributed by atoms with Gasteiger partial charge in [0.25, 0.3) is 0 Å². The Hall–Kier alpha value is -3.30. The second-order valence-electron chi connectivity index (χ2n) is 6.10. The van der Waals surface area contributed by atoms with Crippen LogP contribution in [0, 0.1) is 0 Å². The van der Waals surface area contributed by atoms with E-state index in [0.29, 0.717) is 21.3 Å². The van der Waals surface area contributed by atoms with E-state index in [1.165, 1.54) is 6.21 Å². The monoisotopic (exact) mass is 543 g/mol. The Morgan fingerprint density at radius 2 is 1.52 bits per heavy atom. The highest BCUT2D eigenvalue weighted by molar-refractivity contribution is 9.10. The predicted molar refractivity (Wildman–Crippen MR) is 124 cm³/mol. The van der Waals surface area contributed by atoms with Crippen molar-refractivity contribution in [2.45, 2.75) is 0 Å².